The van der Waals surface area contributed by atoms with Crippen LogP contribution < -0.4 is 15.6 Å². The quantitative estimate of drug-likeness (QED) is 0.225. The van der Waals surface area contributed by atoms with Crippen molar-refractivity contribution >= 4 is 44.9 Å². The highest BCUT2D eigenvalue weighted by Gasteiger charge is 2.16. The van der Waals surface area contributed by atoms with E-state index in [4.69, 9.17) is 9.72 Å². The smallest absolute Gasteiger partial charge is 0.263 e. The molecule has 8 heteroatoms. The van der Waals surface area contributed by atoms with Crippen LogP contribution in [0, 0.1) is 0 Å². The Hall–Kier alpha value is -3.36. The van der Waals surface area contributed by atoms with Crippen LogP contribution in [-0.2, 0) is 11.3 Å². The minimum absolute atomic E-state index is 0.114. The number of benzene rings is 2. The van der Waals surface area contributed by atoms with Crippen molar-refractivity contribution in [1.29, 1.82) is 0 Å². The standard InChI is InChI=1S/C24H21N3O3S2/c1-3-12-27-23(29)19-14-20(16-8-5-4-6-9-16)32-22(19)26-24(27)31-15-21(28)25-17-10-7-11-18(13-17)30-2/h3-11,13-14H,1,12,15H2,2H3,(H,25,28). The number of carbonyl (C=O) groups excluding carboxylic acids is 1. The number of carbonyl (C=O) groups is 1. The number of hydrogen-bond acceptors (Lipinski definition) is 6. The van der Waals surface area contributed by atoms with E-state index in [2.05, 4.69) is 11.9 Å². The number of aromatic nitrogens is 2. The van der Waals surface area contributed by atoms with Crippen LogP contribution in [-0.4, -0.2) is 28.3 Å². The maximum absolute atomic E-state index is 13.1. The lowest BCUT2D eigenvalue weighted by Crippen LogP contribution is -2.23. The van der Waals surface area contributed by atoms with E-state index >= 15 is 0 Å². The molecule has 0 bridgehead atoms. The Morgan fingerprint density at radius 1 is 1.22 bits per heavy atom. The average Bonchev–Trinajstić information content (AvgIpc) is 3.25. The summed E-state index contributed by atoms with van der Waals surface area (Å²) in [6.07, 6.45) is 1.65. The molecule has 2 heterocycles. The molecule has 0 aliphatic rings. The third-order valence-corrected chi connectivity index (χ3v) is 6.73. The van der Waals surface area contributed by atoms with E-state index in [0.29, 0.717) is 33.4 Å². The van der Waals surface area contributed by atoms with E-state index in [1.807, 2.05) is 42.5 Å². The van der Waals surface area contributed by atoms with Crippen molar-refractivity contribution in [3.63, 3.8) is 0 Å². The largest absolute Gasteiger partial charge is 0.497 e. The maximum atomic E-state index is 13.1. The van der Waals surface area contributed by atoms with Crippen molar-refractivity contribution in [1.82, 2.24) is 9.55 Å². The number of amides is 1. The van der Waals surface area contributed by atoms with Crippen molar-refractivity contribution in [2.75, 3.05) is 18.2 Å². The summed E-state index contributed by atoms with van der Waals surface area (Å²) in [6, 6.07) is 18.9. The third kappa shape index (κ3) is 4.76. The van der Waals surface area contributed by atoms with Crippen LogP contribution in [0.4, 0.5) is 5.69 Å². The molecule has 0 aliphatic carbocycles. The van der Waals surface area contributed by atoms with E-state index in [9.17, 15) is 9.59 Å². The molecular weight excluding hydrogens is 442 g/mol. The van der Waals surface area contributed by atoms with Crippen LogP contribution >= 0.6 is 23.1 Å². The molecule has 0 saturated heterocycles. The molecular formula is C24H21N3O3S2. The van der Waals surface area contributed by atoms with Gasteiger partial charge in [-0.05, 0) is 23.8 Å². The number of ether oxygens (including phenoxy) is 1. The SMILES string of the molecule is C=CCn1c(SCC(=O)Nc2cccc(OC)c2)nc2sc(-c3ccccc3)cc2c1=O. The van der Waals surface area contributed by atoms with Gasteiger partial charge in [-0.2, -0.15) is 0 Å². The Kier molecular flexibility index (Phi) is 6.72. The van der Waals surface area contributed by atoms with Crippen LogP contribution in [0.1, 0.15) is 0 Å². The van der Waals surface area contributed by atoms with E-state index in [1.54, 1.807) is 36.0 Å². The van der Waals surface area contributed by atoms with Crippen LogP contribution in [0.2, 0.25) is 0 Å². The van der Waals surface area contributed by atoms with Crippen molar-refractivity contribution in [3.8, 4) is 16.2 Å². The van der Waals surface area contributed by atoms with Gasteiger partial charge in [0.05, 0.1) is 18.2 Å². The first kappa shape index (κ1) is 21.9. The van der Waals surface area contributed by atoms with Crippen LogP contribution in [0.3, 0.4) is 0 Å². The second-order valence-electron chi connectivity index (χ2n) is 6.86. The second kappa shape index (κ2) is 9.84. The number of methoxy groups -OCH3 is 1. The van der Waals surface area contributed by atoms with Crippen LogP contribution in [0.15, 0.2) is 83.3 Å². The second-order valence-corrected chi connectivity index (χ2v) is 8.84. The summed E-state index contributed by atoms with van der Waals surface area (Å²) in [5, 5.41) is 3.90. The number of thiophene rings is 1. The van der Waals surface area contributed by atoms with Crippen LogP contribution in [0.5, 0.6) is 5.75 Å². The Morgan fingerprint density at radius 3 is 2.78 bits per heavy atom. The topological polar surface area (TPSA) is 73.2 Å². The molecule has 162 valence electrons. The van der Waals surface area contributed by atoms with Gasteiger partial charge in [0.25, 0.3) is 5.56 Å². The average molecular weight is 464 g/mol. The molecule has 1 N–H and O–H groups in total. The summed E-state index contributed by atoms with van der Waals surface area (Å²) in [4.78, 5) is 32.0. The van der Waals surface area contributed by atoms with Gasteiger partial charge < -0.3 is 10.1 Å². The third-order valence-electron chi connectivity index (χ3n) is 4.67. The Balaban J connectivity index is 1.59. The highest BCUT2D eigenvalue weighted by atomic mass is 32.2. The van der Waals surface area contributed by atoms with Gasteiger partial charge in [0.2, 0.25) is 5.91 Å². The molecule has 1 amide bonds. The van der Waals surface area contributed by atoms with Gasteiger partial charge in [0.1, 0.15) is 10.6 Å². The number of rotatable bonds is 8. The monoisotopic (exact) mass is 463 g/mol. The van der Waals surface area contributed by atoms with Gasteiger partial charge in [-0.1, -0.05) is 54.2 Å². The lowest BCUT2D eigenvalue weighted by molar-refractivity contribution is -0.113. The fourth-order valence-electron chi connectivity index (χ4n) is 3.17. The fourth-order valence-corrected chi connectivity index (χ4v) is 5.06. The molecule has 0 spiro atoms. The van der Waals surface area contributed by atoms with Gasteiger partial charge in [-0.25, -0.2) is 4.98 Å². The van der Waals surface area contributed by atoms with Gasteiger partial charge in [0, 0.05) is 23.2 Å². The summed E-state index contributed by atoms with van der Waals surface area (Å²) in [5.74, 6) is 0.580. The summed E-state index contributed by atoms with van der Waals surface area (Å²) in [6.45, 7) is 4.07. The molecule has 0 radical (unpaired) electrons. The molecule has 0 fully saturated rings. The predicted molar refractivity (Wildman–Crippen MR) is 132 cm³/mol. The van der Waals surface area contributed by atoms with Gasteiger partial charge in [0.15, 0.2) is 5.16 Å². The molecule has 0 unspecified atom stereocenters. The number of nitrogens with one attached hydrogen (secondary N) is 1. The molecule has 0 aliphatic heterocycles. The molecule has 2 aromatic carbocycles. The summed E-state index contributed by atoms with van der Waals surface area (Å²) in [7, 11) is 1.57. The minimum atomic E-state index is -0.195. The first-order valence-electron chi connectivity index (χ1n) is 9.86. The maximum Gasteiger partial charge on any atom is 0.263 e. The Labute approximate surface area is 193 Å². The zero-order chi connectivity index (χ0) is 22.5. The molecule has 6 nitrogen and oxygen atoms in total. The number of thioether (sulfide) groups is 1. The van der Waals surface area contributed by atoms with Crippen molar-refractivity contribution in [2.45, 2.75) is 11.7 Å². The molecule has 4 aromatic rings. The first-order valence-corrected chi connectivity index (χ1v) is 11.7. The normalized spacial score (nSPS) is 10.8. The minimum Gasteiger partial charge on any atom is -0.497 e. The van der Waals surface area contributed by atoms with E-state index in [1.165, 1.54) is 23.1 Å². The molecule has 32 heavy (non-hydrogen) atoms. The van der Waals surface area contributed by atoms with Gasteiger partial charge >= 0.3 is 0 Å². The molecule has 0 saturated carbocycles. The van der Waals surface area contributed by atoms with E-state index < -0.39 is 0 Å². The van der Waals surface area contributed by atoms with Crippen LogP contribution in [0.25, 0.3) is 20.7 Å². The number of allylic oxidation sites excluding steroid dienone is 1. The molecule has 2 aromatic heterocycles. The van der Waals surface area contributed by atoms with Crippen molar-refractivity contribution in [3.05, 3.63) is 83.7 Å². The number of fused-ring (bicyclic) bond motifs is 1. The summed E-state index contributed by atoms with van der Waals surface area (Å²) in [5.41, 5.74) is 1.55. The number of anilines is 1. The lowest BCUT2D eigenvalue weighted by Gasteiger charge is -2.10. The highest BCUT2D eigenvalue weighted by Crippen LogP contribution is 2.32. The highest BCUT2D eigenvalue weighted by molar-refractivity contribution is 7.99. The zero-order valence-electron chi connectivity index (χ0n) is 17.4. The number of nitrogens with zero attached hydrogens (tertiary/aromatic N) is 2. The van der Waals surface area contributed by atoms with Gasteiger partial charge in [-0.3, -0.25) is 14.2 Å². The lowest BCUT2D eigenvalue weighted by atomic mass is 10.2. The summed E-state index contributed by atoms with van der Waals surface area (Å²) >= 11 is 2.69. The molecule has 4 rings (SSSR count). The van der Waals surface area contributed by atoms with Crippen molar-refractivity contribution < 1.29 is 9.53 Å². The van der Waals surface area contributed by atoms with Gasteiger partial charge in [-0.15, -0.1) is 17.9 Å². The van der Waals surface area contributed by atoms with E-state index in [-0.39, 0.29) is 17.2 Å². The van der Waals surface area contributed by atoms with Crippen molar-refractivity contribution in [2.24, 2.45) is 0 Å². The predicted octanol–water partition coefficient (Wildman–Crippen LogP) is 5.05. The first-order chi connectivity index (χ1) is 15.6. The fraction of sp³-hybridized carbons (Fsp3) is 0.125. The number of hydrogen-bond donors (Lipinski definition) is 1. The Bertz CT molecular complexity index is 1330. The zero-order valence-corrected chi connectivity index (χ0v) is 19.0. The Morgan fingerprint density at radius 2 is 2.03 bits per heavy atom. The van der Waals surface area contributed by atoms with E-state index in [0.717, 1.165) is 10.4 Å². The molecule has 0 atom stereocenters. The summed E-state index contributed by atoms with van der Waals surface area (Å²) < 4.78 is 6.74.